The van der Waals surface area contributed by atoms with E-state index in [1.165, 1.54) is 0 Å². The number of aryl methyl sites for hydroxylation is 1. The number of benzene rings is 1. The molecule has 5 nitrogen and oxygen atoms in total. The van der Waals surface area contributed by atoms with Crippen molar-refractivity contribution in [2.24, 2.45) is 5.84 Å². The molecule has 0 fully saturated rings. The minimum Gasteiger partial charge on any atom is -0.497 e. The van der Waals surface area contributed by atoms with Crippen molar-refractivity contribution in [1.82, 2.24) is 10.7 Å². The van der Waals surface area contributed by atoms with Crippen molar-refractivity contribution in [3.05, 3.63) is 23.3 Å². The molecule has 0 heterocycles. The SMILES string of the molecule is COc1cc(C)c(CNCNN)c(OC)c1. The maximum absolute atomic E-state index is 5.33. The molecule has 5 heteroatoms. The molecule has 0 radical (unpaired) electrons. The van der Waals surface area contributed by atoms with Crippen LogP contribution in [0.15, 0.2) is 12.1 Å². The summed E-state index contributed by atoms with van der Waals surface area (Å²) in [5, 5.41) is 3.15. The average Bonchev–Trinajstić information content (AvgIpc) is 2.30. The Morgan fingerprint density at radius 3 is 2.56 bits per heavy atom. The van der Waals surface area contributed by atoms with E-state index < -0.39 is 0 Å². The van der Waals surface area contributed by atoms with E-state index in [1.807, 2.05) is 19.1 Å². The average molecular weight is 225 g/mol. The number of hydrogen-bond acceptors (Lipinski definition) is 5. The minimum atomic E-state index is 0.550. The predicted molar refractivity (Wildman–Crippen MR) is 63.3 cm³/mol. The minimum absolute atomic E-state index is 0.550. The molecule has 0 saturated carbocycles. The Kier molecular flexibility index (Phi) is 5.04. The molecule has 0 spiro atoms. The number of rotatable bonds is 6. The maximum atomic E-state index is 5.33. The van der Waals surface area contributed by atoms with Crippen molar-refractivity contribution in [1.29, 1.82) is 0 Å². The van der Waals surface area contributed by atoms with Gasteiger partial charge in [-0.3, -0.25) is 11.2 Å². The van der Waals surface area contributed by atoms with Crippen LogP contribution in [0.5, 0.6) is 11.5 Å². The van der Waals surface area contributed by atoms with Crippen LogP contribution in [0.2, 0.25) is 0 Å². The Morgan fingerprint density at radius 1 is 1.25 bits per heavy atom. The quantitative estimate of drug-likeness (QED) is 0.285. The molecule has 0 unspecified atom stereocenters. The summed E-state index contributed by atoms with van der Waals surface area (Å²) < 4.78 is 10.5. The highest BCUT2D eigenvalue weighted by Gasteiger charge is 2.08. The fraction of sp³-hybridized carbons (Fsp3) is 0.455. The summed E-state index contributed by atoms with van der Waals surface area (Å²) in [4.78, 5) is 0. The van der Waals surface area contributed by atoms with Gasteiger partial charge >= 0.3 is 0 Å². The monoisotopic (exact) mass is 225 g/mol. The molecule has 0 aromatic heterocycles. The van der Waals surface area contributed by atoms with E-state index in [2.05, 4.69) is 10.7 Å². The molecular formula is C11H19N3O2. The first-order valence-electron chi connectivity index (χ1n) is 5.08. The van der Waals surface area contributed by atoms with Crippen LogP contribution in [0, 0.1) is 6.92 Å². The van der Waals surface area contributed by atoms with E-state index in [1.54, 1.807) is 14.2 Å². The molecule has 0 aliphatic heterocycles. The fourth-order valence-electron chi connectivity index (χ4n) is 1.54. The Labute approximate surface area is 95.9 Å². The molecule has 1 aromatic rings. The van der Waals surface area contributed by atoms with Gasteiger partial charge in [0.25, 0.3) is 0 Å². The van der Waals surface area contributed by atoms with Gasteiger partial charge in [0, 0.05) is 18.2 Å². The largest absolute Gasteiger partial charge is 0.497 e. The highest BCUT2D eigenvalue weighted by molar-refractivity contribution is 5.46. The molecule has 1 rings (SSSR count). The van der Waals surface area contributed by atoms with Crippen molar-refractivity contribution in [2.45, 2.75) is 13.5 Å². The van der Waals surface area contributed by atoms with Gasteiger partial charge in [-0.1, -0.05) is 0 Å². The van der Waals surface area contributed by atoms with Crippen molar-refractivity contribution in [2.75, 3.05) is 20.9 Å². The lowest BCUT2D eigenvalue weighted by molar-refractivity contribution is 0.388. The highest BCUT2D eigenvalue weighted by atomic mass is 16.5. The van der Waals surface area contributed by atoms with E-state index >= 15 is 0 Å². The zero-order valence-corrected chi connectivity index (χ0v) is 9.96. The molecule has 4 N–H and O–H groups in total. The van der Waals surface area contributed by atoms with Gasteiger partial charge in [-0.05, 0) is 18.6 Å². The second-order valence-electron chi connectivity index (χ2n) is 3.43. The standard InChI is InChI=1S/C11H19N3O2/c1-8-4-9(15-2)5-11(16-3)10(8)6-13-7-14-12/h4-5,13-14H,6-7,12H2,1-3H3. The first-order chi connectivity index (χ1) is 7.72. The Morgan fingerprint density at radius 2 is 2.00 bits per heavy atom. The van der Waals surface area contributed by atoms with Crippen molar-refractivity contribution < 1.29 is 9.47 Å². The number of nitrogens with two attached hydrogens (primary N) is 1. The normalized spacial score (nSPS) is 10.2. The summed E-state index contributed by atoms with van der Waals surface area (Å²) >= 11 is 0. The van der Waals surface area contributed by atoms with E-state index in [0.717, 1.165) is 22.6 Å². The van der Waals surface area contributed by atoms with Crippen LogP contribution < -0.4 is 26.1 Å². The second kappa shape index (κ2) is 6.32. The topological polar surface area (TPSA) is 68.5 Å². The van der Waals surface area contributed by atoms with Crippen molar-refractivity contribution in [3.8, 4) is 11.5 Å². The summed E-state index contributed by atoms with van der Waals surface area (Å²) in [7, 11) is 3.30. The van der Waals surface area contributed by atoms with Crippen LogP contribution in [-0.4, -0.2) is 20.9 Å². The van der Waals surface area contributed by atoms with Crippen molar-refractivity contribution >= 4 is 0 Å². The van der Waals surface area contributed by atoms with Gasteiger partial charge in [-0.2, -0.15) is 0 Å². The Hall–Kier alpha value is -1.30. The van der Waals surface area contributed by atoms with Crippen LogP contribution >= 0.6 is 0 Å². The number of hydrazine groups is 1. The van der Waals surface area contributed by atoms with Gasteiger partial charge in [0.05, 0.1) is 20.9 Å². The van der Waals surface area contributed by atoms with Gasteiger partial charge in [-0.15, -0.1) is 0 Å². The number of ether oxygens (including phenoxy) is 2. The van der Waals surface area contributed by atoms with E-state index in [4.69, 9.17) is 15.3 Å². The van der Waals surface area contributed by atoms with Gasteiger partial charge < -0.3 is 9.47 Å². The summed E-state index contributed by atoms with van der Waals surface area (Å²) in [5.74, 6) is 6.80. The summed E-state index contributed by atoms with van der Waals surface area (Å²) in [6.07, 6.45) is 0. The van der Waals surface area contributed by atoms with Gasteiger partial charge in [0.2, 0.25) is 0 Å². The van der Waals surface area contributed by atoms with Crippen LogP contribution in [0.25, 0.3) is 0 Å². The van der Waals surface area contributed by atoms with E-state index in [0.29, 0.717) is 13.2 Å². The van der Waals surface area contributed by atoms with Gasteiger partial charge in [0.15, 0.2) is 0 Å². The first-order valence-corrected chi connectivity index (χ1v) is 5.08. The highest BCUT2D eigenvalue weighted by Crippen LogP contribution is 2.28. The molecule has 0 aliphatic carbocycles. The maximum Gasteiger partial charge on any atom is 0.127 e. The van der Waals surface area contributed by atoms with Crippen LogP contribution in [0.3, 0.4) is 0 Å². The van der Waals surface area contributed by atoms with Gasteiger partial charge in [-0.25, -0.2) is 5.43 Å². The first kappa shape index (κ1) is 12.8. The molecule has 90 valence electrons. The van der Waals surface area contributed by atoms with Crippen LogP contribution in [0.4, 0.5) is 0 Å². The lowest BCUT2D eigenvalue weighted by Crippen LogP contribution is -2.33. The lowest BCUT2D eigenvalue weighted by Gasteiger charge is -2.14. The van der Waals surface area contributed by atoms with Gasteiger partial charge in [0.1, 0.15) is 11.5 Å². The molecule has 0 amide bonds. The fourth-order valence-corrected chi connectivity index (χ4v) is 1.54. The third-order valence-electron chi connectivity index (χ3n) is 2.39. The number of nitrogens with one attached hydrogen (secondary N) is 2. The molecule has 0 atom stereocenters. The molecule has 0 bridgehead atoms. The molecule has 1 aromatic carbocycles. The summed E-state index contributed by atoms with van der Waals surface area (Å²) in [6.45, 7) is 3.27. The number of methoxy groups -OCH3 is 2. The molecule has 16 heavy (non-hydrogen) atoms. The summed E-state index contributed by atoms with van der Waals surface area (Å²) in [6, 6.07) is 3.86. The zero-order chi connectivity index (χ0) is 12.0. The third kappa shape index (κ3) is 3.10. The van der Waals surface area contributed by atoms with Crippen LogP contribution in [-0.2, 0) is 6.54 Å². The zero-order valence-electron chi connectivity index (χ0n) is 9.96. The summed E-state index contributed by atoms with van der Waals surface area (Å²) in [5.41, 5.74) is 4.78. The van der Waals surface area contributed by atoms with E-state index in [9.17, 15) is 0 Å². The second-order valence-corrected chi connectivity index (χ2v) is 3.43. The Balaban J connectivity index is 2.88. The molecule has 0 saturated heterocycles. The lowest BCUT2D eigenvalue weighted by atomic mass is 10.1. The smallest absolute Gasteiger partial charge is 0.127 e. The number of hydrogen-bond donors (Lipinski definition) is 3. The third-order valence-corrected chi connectivity index (χ3v) is 2.39. The van der Waals surface area contributed by atoms with Crippen LogP contribution in [0.1, 0.15) is 11.1 Å². The van der Waals surface area contributed by atoms with Crippen molar-refractivity contribution in [3.63, 3.8) is 0 Å². The predicted octanol–water partition coefficient (Wildman–Crippen LogP) is 0.523. The van der Waals surface area contributed by atoms with E-state index in [-0.39, 0.29) is 0 Å². The molecular weight excluding hydrogens is 206 g/mol. The Bertz CT molecular complexity index is 342. The molecule has 0 aliphatic rings.